The number of allylic oxidation sites excluding steroid dienone is 1. The van der Waals surface area contributed by atoms with Crippen LogP contribution in [0.25, 0.3) is 5.57 Å². The van der Waals surface area contributed by atoms with Crippen LogP contribution in [0.1, 0.15) is 55.7 Å². The summed E-state index contributed by atoms with van der Waals surface area (Å²) in [7, 11) is 2.12. The van der Waals surface area contributed by atoms with Crippen LogP contribution in [0.15, 0.2) is 18.3 Å². The number of fused-ring (bicyclic) bond motifs is 1. The molecule has 1 heterocycles. The molecule has 2 aliphatic carbocycles. The number of halogens is 2. The smallest absolute Gasteiger partial charge is 0.248 e. The fourth-order valence-electron chi connectivity index (χ4n) is 4.45. The Hall–Kier alpha value is -1.91. The number of benzene rings is 1. The van der Waals surface area contributed by atoms with Gasteiger partial charge in [-0.05, 0) is 67.7 Å². The minimum Gasteiger partial charge on any atom is -0.388 e. The number of hydrogen-bond acceptors (Lipinski definition) is 3. The quantitative estimate of drug-likeness (QED) is 0.704. The highest BCUT2D eigenvalue weighted by molar-refractivity contribution is 6.09. The van der Waals surface area contributed by atoms with Crippen LogP contribution in [0.2, 0.25) is 0 Å². The molecule has 4 rings (SSSR count). The molecule has 1 unspecified atom stereocenters. The lowest BCUT2D eigenvalue weighted by Crippen LogP contribution is -2.38. The third-order valence-electron chi connectivity index (χ3n) is 6.45. The van der Waals surface area contributed by atoms with E-state index in [4.69, 9.17) is 5.41 Å². The van der Waals surface area contributed by atoms with Crippen molar-refractivity contribution in [3.05, 3.63) is 35.0 Å². The fourth-order valence-corrected chi connectivity index (χ4v) is 4.45. The molecule has 0 saturated heterocycles. The predicted octanol–water partition coefficient (Wildman–Crippen LogP) is 4.79. The van der Waals surface area contributed by atoms with Crippen molar-refractivity contribution < 1.29 is 8.78 Å². The average Bonchev–Trinajstić information content (AvgIpc) is 3.42. The van der Waals surface area contributed by atoms with Crippen molar-refractivity contribution in [3.8, 4) is 0 Å². The predicted molar refractivity (Wildman–Crippen MR) is 107 cm³/mol. The van der Waals surface area contributed by atoms with Crippen LogP contribution in [0.5, 0.6) is 0 Å². The molecule has 0 bridgehead atoms. The largest absolute Gasteiger partial charge is 0.388 e. The zero-order valence-corrected chi connectivity index (χ0v) is 16.2. The van der Waals surface area contributed by atoms with Gasteiger partial charge in [0, 0.05) is 55.6 Å². The second-order valence-corrected chi connectivity index (χ2v) is 8.61. The first-order valence-corrected chi connectivity index (χ1v) is 10.1. The lowest BCUT2D eigenvalue weighted by Gasteiger charge is -2.39. The summed E-state index contributed by atoms with van der Waals surface area (Å²) in [5, 5.41) is 11.3. The first-order valence-electron chi connectivity index (χ1n) is 10.1. The van der Waals surface area contributed by atoms with Crippen molar-refractivity contribution in [2.75, 3.05) is 11.9 Å². The maximum atomic E-state index is 13.4. The van der Waals surface area contributed by atoms with E-state index in [-0.39, 0.29) is 18.8 Å². The molecule has 2 saturated carbocycles. The number of nitrogens with one attached hydrogen (secondary N) is 2. The van der Waals surface area contributed by atoms with E-state index in [9.17, 15) is 8.78 Å². The Morgan fingerprint density at radius 2 is 2.04 bits per heavy atom. The Kier molecular flexibility index (Phi) is 4.73. The highest BCUT2D eigenvalue weighted by Crippen LogP contribution is 2.46. The van der Waals surface area contributed by atoms with Gasteiger partial charge >= 0.3 is 0 Å². The summed E-state index contributed by atoms with van der Waals surface area (Å²) in [5.74, 6) is -2.45. The minimum atomic E-state index is -2.49. The van der Waals surface area contributed by atoms with Gasteiger partial charge < -0.3 is 15.6 Å². The van der Waals surface area contributed by atoms with Gasteiger partial charge in [-0.3, -0.25) is 0 Å². The molecule has 3 nitrogen and oxygen atoms in total. The van der Waals surface area contributed by atoms with E-state index in [1.807, 2.05) is 6.20 Å². The normalized spacial score (nSPS) is 25.0. The first-order chi connectivity index (χ1) is 12.9. The van der Waals surface area contributed by atoms with Crippen LogP contribution >= 0.6 is 0 Å². The summed E-state index contributed by atoms with van der Waals surface area (Å²) in [6, 6.07) is 5.25. The topological polar surface area (TPSA) is 39.1 Å². The summed E-state index contributed by atoms with van der Waals surface area (Å²) in [6.07, 6.45) is 8.42. The second kappa shape index (κ2) is 6.92. The summed E-state index contributed by atoms with van der Waals surface area (Å²) < 4.78 is 26.8. The Morgan fingerprint density at radius 3 is 2.67 bits per heavy atom. The van der Waals surface area contributed by atoms with Gasteiger partial charge in [0.25, 0.3) is 0 Å². The van der Waals surface area contributed by atoms with E-state index in [0.717, 1.165) is 24.0 Å². The lowest BCUT2D eigenvalue weighted by molar-refractivity contribution is -0.109. The lowest BCUT2D eigenvalue weighted by atomic mass is 9.74. The highest BCUT2D eigenvalue weighted by Gasteiger charge is 2.45. The standard InChI is InChI=1S/C22H29F2N3/c1-14-3-6-19-20(9-15-10-22(23,24)11-15)18(7-8-21(19)27(14)2)16(12-25)13-26-17-4-5-17/h7-8,12-15,17,25-26H,3-6,9-11H2,1-2H3/b16-13+,25-12?. The molecule has 27 heavy (non-hydrogen) atoms. The van der Waals surface area contributed by atoms with Gasteiger partial charge in [0.1, 0.15) is 0 Å². The number of alkyl halides is 2. The van der Waals surface area contributed by atoms with Crippen molar-refractivity contribution in [1.29, 1.82) is 5.41 Å². The molecule has 1 aromatic rings. The summed E-state index contributed by atoms with van der Waals surface area (Å²) in [5.41, 5.74) is 5.58. The van der Waals surface area contributed by atoms with E-state index in [1.165, 1.54) is 35.9 Å². The number of nitrogens with zero attached hydrogens (tertiary/aromatic N) is 1. The van der Waals surface area contributed by atoms with Gasteiger partial charge in [0.2, 0.25) is 5.92 Å². The van der Waals surface area contributed by atoms with Crippen LogP contribution in [0, 0.1) is 11.3 Å². The Morgan fingerprint density at radius 1 is 1.30 bits per heavy atom. The van der Waals surface area contributed by atoms with Crippen LogP contribution in [-0.2, 0) is 12.8 Å². The summed E-state index contributed by atoms with van der Waals surface area (Å²) in [6.45, 7) is 2.23. The third-order valence-corrected chi connectivity index (χ3v) is 6.45. The molecule has 2 fully saturated rings. The van der Waals surface area contributed by atoms with Crippen LogP contribution in [0.4, 0.5) is 14.5 Å². The van der Waals surface area contributed by atoms with Crippen molar-refractivity contribution in [1.82, 2.24) is 5.32 Å². The molecule has 3 aliphatic rings. The molecule has 5 heteroatoms. The number of rotatable bonds is 6. The van der Waals surface area contributed by atoms with E-state index >= 15 is 0 Å². The van der Waals surface area contributed by atoms with Crippen molar-refractivity contribution in [2.45, 2.75) is 69.9 Å². The third kappa shape index (κ3) is 3.74. The van der Waals surface area contributed by atoms with Gasteiger partial charge in [-0.25, -0.2) is 8.78 Å². The van der Waals surface area contributed by atoms with Gasteiger partial charge in [-0.2, -0.15) is 0 Å². The van der Waals surface area contributed by atoms with E-state index in [2.05, 4.69) is 36.3 Å². The molecule has 0 aromatic heterocycles. The van der Waals surface area contributed by atoms with Crippen molar-refractivity contribution in [3.63, 3.8) is 0 Å². The van der Waals surface area contributed by atoms with Crippen molar-refractivity contribution in [2.24, 2.45) is 5.92 Å². The maximum Gasteiger partial charge on any atom is 0.248 e. The van der Waals surface area contributed by atoms with Crippen LogP contribution in [-0.4, -0.2) is 31.3 Å². The zero-order valence-electron chi connectivity index (χ0n) is 16.2. The molecule has 0 spiro atoms. The van der Waals surface area contributed by atoms with Gasteiger partial charge in [0.05, 0.1) is 0 Å². The Balaban J connectivity index is 1.71. The minimum absolute atomic E-state index is 0.00763. The maximum absolute atomic E-state index is 13.4. The molecule has 2 N–H and O–H groups in total. The van der Waals surface area contributed by atoms with Gasteiger partial charge in [-0.15, -0.1) is 0 Å². The molecule has 1 atom stereocenters. The monoisotopic (exact) mass is 373 g/mol. The highest BCUT2D eigenvalue weighted by atomic mass is 19.3. The molecule has 1 aromatic carbocycles. The van der Waals surface area contributed by atoms with E-state index in [0.29, 0.717) is 18.5 Å². The van der Waals surface area contributed by atoms with E-state index < -0.39 is 5.92 Å². The molecule has 146 valence electrons. The Labute approximate surface area is 160 Å². The van der Waals surface area contributed by atoms with Crippen LogP contribution in [0.3, 0.4) is 0 Å². The number of hydrogen-bond donors (Lipinski definition) is 2. The van der Waals surface area contributed by atoms with Gasteiger partial charge in [0.15, 0.2) is 0 Å². The molecule has 1 aliphatic heterocycles. The first kappa shape index (κ1) is 18.5. The molecular formula is C22H29F2N3. The molecule has 0 radical (unpaired) electrons. The van der Waals surface area contributed by atoms with Gasteiger partial charge in [-0.1, -0.05) is 6.07 Å². The van der Waals surface area contributed by atoms with E-state index in [1.54, 1.807) is 0 Å². The van der Waals surface area contributed by atoms with Crippen LogP contribution < -0.4 is 10.2 Å². The fraction of sp³-hybridized carbons (Fsp3) is 0.591. The molecular weight excluding hydrogens is 344 g/mol. The SMILES string of the molecule is CC1CCc2c(ccc(/C(C=N)=C/NC3CC3)c2CC2CC(F)(F)C2)N1C. The average molecular weight is 373 g/mol. The number of anilines is 1. The zero-order chi connectivity index (χ0) is 19.2. The Bertz CT molecular complexity index is 759. The second-order valence-electron chi connectivity index (χ2n) is 8.61. The summed E-state index contributed by atoms with van der Waals surface area (Å²) >= 11 is 0. The summed E-state index contributed by atoms with van der Waals surface area (Å²) in [4.78, 5) is 2.30. The van der Waals surface area contributed by atoms with Crippen molar-refractivity contribution >= 4 is 17.5 Å². The molecule has 0 amide bonds.